The van der Waals surface area contributed by atoms with Crippen LogP contribution in [-0.2, 0) is 14.3 Å². The first-order chi connectivity index (χ1) is 13.7. The molecule has 0 aromatic rings. The molecule has 4 heteroatoms. The van der Waals surface area contributed by atoms with Gasteiger partial charge in [0.05, 0.1) is 13.2 Å². The van der Waals surface area contributed by atoms with Gasteiger partial charge in [0.15, 0.2) is 0 Å². The van der Waals surface area contributed by atoms with Crippen molar-refractivity contribution >= 4 is 11.8 Å². The number of ether oxygens (including phenoxy) is 1. The molecule has 1 unspecified atom stereocenters. The molecular weight excluding hydrogens is 364 g/mol. The molecule has 0 aliphatic heterocycles. The van der Waals surface area contributed by atoms with E-state index in [-0.39, 0.29) is 22.9 Å². The number of ketones is 1. The molecule has 4 fully saturated rings. The molecule has 0 saturated heterocycles. The maximum atomic E-state index is 13.7. The lowest BCUT2D eigenvalue weighted by Gasteiger charge is -2.60. The van der Waals surface area contributed by atoms with Crippen molar-refractivity contribution in [3.8, 4) is 0 Å². The van der Waals surface area contributed by atoms with E-state index in [4.69, 9.17) is 4.74 Å². The van der Waals surface area contributed by atoms with E-state index in [1.165, 1.54) is 26.4 Å². The van der Waals surface area contributed by atoms with Crippen LogP contribution in [0, 0.1) is 46.3 Å². The normalized spacial score (nSPS) is 47.7. The van der Waals surface area contributed by atoms with Gasteiger partial charge in [-0.2, -0.15) is 0 Å². The van der Waals surface area contributed by atoms with Crippen LogP contribution in [-0.4, -0.2) is 30.1 Å². The zero-order valence-electron chi connectivity index (χ0n) is 18.8. The van der Waals surface area contributed by atoms with Gasteiger partial charge in [0, 0.05) is 18.3 Å². The van der Waals surface area contributed by atoms with Gasteiger partial charge in [-0.05, 0) is 92.3 Å². The molecule has 0 radical (unpaired) electrons. The highest BCUT2D eigenvalue weighted by atomic mass is 16.5. The second-order valence-corrected chi connectivity index (χ2v) is 11.3. The van der Waals surface area contributed by atoms with Gasteiger partial charge in [0.1, 0.15) is 5.78 Å². The Balaban J connectivity index is 1.54. The first-order valence-electron chi connectivity index (χ1n) is 12.0. The minimum absolute atomic E-state index is 0.138. The Bertz CT molecular complexity index is 659. The molecule has 1 N–H and O–H groups in total. The summed E-state index contributed by atoms with van der Waals surface area (Å²) in [4.78, 5) is 25.3. The van der Waals surface area contributed by atoms with Gasteiger partial charge in [-0.15, -0.1) is 0 Å². The average molecular weight is 405 g/mol. The van der Waals surface area contributed by atoms with Gasteiger partial charge < -0.3 is 9.84 Å². The maximum absolute atomic E-state index is 13.7. The van der Waals surface area contributed by atoms with Crippen LogP contribution in [0.3, 0.4) is 0 Å². The van der Waals surface area contributed by atoms with Crippen molar-refractivity contribution in [2.75, 3.05) is 7.11 Å². The molecule has 0 aromatic carbocycles. The topological polar surface area (TPSA) is 63.6 Å². The summed E-state index contributed by atoms with van der Waals surface area (Å²) in [5.74, 6) is 3.37. The van der Waals surface area contributed by atoms with E-state index < -0.39 is 0 Å². The molecule has 0 spiro atoms. The van der Waals surface area contributed by atoms with E-state index in [0.29, 0.717) is 47.7 Å². The van der Waals surface area contributed by atoms with E-state index in [9.17, 15) is 14.7 Å². The van der Waals surface area contributed by atoms with E-state index in [0.717, 1.165) is 38.5 Å². The van der Waals surface area contributed by atoms with Crippen LogP contribution in [0.25, 0.3) is 0 Å². The Morgan fingerprint density at radius 2 is 1.93 bits per heavy atom. The minimum atomic E-state index is -0.214. The van der Waals surface area contributed by atoms with Crippen molar-refractivity contribution in [1.82, 2.24) is 0 Å². The number of aliphatic hydroxyl groups is 1. The van der Waals surface area contributed by atoms with Gasteiger partial charge in [-0.1, -0.05) is 20.8 Å². The number of hydrogen-bond donors (Lipinski definition) is 1. The number of methoxy groups -OCH3 is 1. The van der Waals surface area contributed by atoms with Crippen LogP contribution in [0.5, 0.6) is 0 Å². The zero-order chi connectivity index (χ0) is 21.0. The second kappa shape index (κ2) is 7.66. The van der Waals surface area contributed by atoms with Gasteiger partial charge in [-0.25, -0.2) is 0 Å². The third-order valence-corrected chi connectivity index (χ3v) is 10.3. The Morgan fingerprint density at radius 3 is 2.66 bits per heavy atom. The summed E-state index contributed by atoms with van der Waals surface area (Å²) < 4.78 is 4.83. The molecule has 0 bridgehead atoms. The number of carbonyl (C=O) groups excluding carboxylic acids is 2. The average Bonchev–Trinajstić information content (AvgIpc) is 3.06. The van der Waals surface area contributed by atoms with E-state index in [1.807, 2.05) is 0 Å². The predicted octanol–water partition coefficient (Wildman–Crippen LogP) is 4.77. The molecule has 4 nitrogen and oxygen atoms in total. The molecule has 0 heterocycles. The Labute approximate surface area is 176 Å². The number of carbonyl (C=O) groups is 2. The summed E-state index contributed by atoms with van der Waals surface area (Å²) in [6.45, 7) is 6.94. The molecule has 164 valence electrons. The summed E-state index contributed by atoms with van der Waals surface area (Å²) in [5, 5.41) is 10.2. The first kappa shape index (κ1) is 21.3. The predicted molar refractivity (Wildman–Crippen MR) is 112 cm³/mol. The SMILES string of the molecule is COC(=O)CC[C@@H](C)C1CC[C@H]2[C@@H]3CC[C@@H]4C[C@H](O)CC[C@]4(C)[C@H]3CC(=O)[C@]12C. The van der Waals surface area contributed by atoms with Crippen molar-refractivity contribution in [2.24, 2.45) is 46.3 Å². The summed E-state index contributed by atoms with van der Waals surface area (Å²) in [6, 6.07) is 0. The summed E-state index contributed by atoms with van der Waals surface area (Å²) in [7, 11) is 1.45. The molecule has 4 rings (SSSR count). The van der Waals surface area contributed by atoms with E-state index in [1.54, 1.807) is 0 Å². The van der Waals surface area contributed by atoms with Gasteiger partial charge >= 0.3 is 5.97 Å². The summed E-state index contributed by atoms with van der Waals surface area (Å²) in [5.41, 5.74) is 0.0157. The lowest BCUT2D eigenvalue weighted by atomic mass is 9.44. The largest absolute Gasteiger partial charge is 0.469 e. The number of rotatable bonds is 4. The highest BCUT2D eigenvalue weighted by Gasteiger charge is 2.63. The fourth-order valence-electron chi connectivity index (χ4n) is 8.53. The quantitative estimate of drug-likeness (QED) is 0.685. The lowest BCUT2D eigenvalue weighted by Crippen LogP contribution is -2.57. The molecule has 0 aromatic heterocycles. The highest BCUT2D eigenvalue weighted by molar-refractivity contribution is 5.87. The molecule has 9 atom stereocenters. The minimum Gasteiger partial charge on any atom is -0.469 e. The Hall–Kier alpha value is -0.900. The van der Waals surface area contributed by atoms with Crippen molar-refractivity contribution in [3.63, 3.8) is 0 Å². The zero-order valence-corrected chi connectivity index (χ0v) is 18.8. The number of Topliss-reactive ketones (excluding diaryl/α,β-unsaturated/α-hetero) is 1. The van der Waals surface area contributed by atoms with Crippen molar-refractivity contribution in [2.45, 2.75) is 91.1 Å². The molecule has 29 heavy (non-hydrogen) atoms. The molecule has 4 saturated carbocycles. The Kier molecular flexibility index (Phi) is 5.63. The first-order valence-corrected chi connectivity index (χ1v) is 12.0. The van der Waals surface area contributed by atoms with Crippen molar-refractivity contribution < 1.29 is 19.4 Å². The van der Waals surface area contributed by atoms with E-state index >= 15 is 0 Å². The third-order valence-electron chi connectivity index (χ3n) is 10.3. The number of aliphatic hydroxyl groups excluding tert-OH is 1. The van der Waals surface area contributed by atoms with Crippen LogP contribution < -0.4 is 0 Å². The monoisotopic (exact) mass is 404 g/mol. The van der Waals surface area contributed by atoms with Crippen LogP contribution >= 0.6 is 0 Å². The molecular formula is C25H40O4. The summed E-state index contributed by atoms with van der Waals surface area (Å²) in [6.07, 6.45) is 9.53. The lowest BCUT2D eigenvalue weighted by molar-refractivity contribution is -0.160. The van der Waals surface area contributed by atoms with Crippen molar-refractivity contribution in [3.05, 3.63) is 0 Å². The van der Waals surface area contributed by atoms with E-state index in [2.05, 4.69) is 20.8 Å². The van der Waals surface area contributed by atoms with Crippen LogP contribution in [0.1, 0.15) is 85.0 Å². The van der Waals surface area contributed by atoms with Gasteiger partial charge in [-0.3, -0.25) is 9.59 Å². The van der Waals surface area contributed by atoms with Gasteiger partial charge in [0.25, 0.3) is 0 Å². The van der Waals surface area contributed by atoms with Crippen molar-refractivity contribution in [1.29, 1.82) is 0 Å². The van der Waals surface area contributed by atoms with Crippen LogP contribution in [0.15, 0.2) is 0 Å². The summed E-state index contributed by atoms with van der Waals surface area (Å²) >= 11 is 0. The maximum Gasteiger partial charge on any atom is 0.305 e. The molecule has 4 aliphatic carbocycles. The second-order valence-electron chi connectivity index (χ2n) is 11.3. The highest BCUT2D eigenvalue weighted by Crippen LogP contribution is 2.67. The van der Waals surface area contributed by atoms with Crippen LogP contribution in [0.4, 0.5) is 0 Å². The fraction of sp³-hybridized carbons (Fsp3) is 0.920. The third kappa shape index (κ3) is 3.28. The number of hydrogen-bond acceptors (Lipinski definition) is 4. The van der Waals surface area contributed by atoms with Crippen LogP contribution in [0.2, 0.25) is 0 Å². The Morgan fingerprint density at radius 1 is 1.17 bits per heavy atom. The molecule has 0 amide bonds. The molecule has 4 aliphatic rings. The number of esters is 1. The fourth-order valence-corrected chi connectivity index (χ4v) is 8.53. The smallest absolute Gasteiger partial charge is 0.305 e. The number of fused-ring (bicyclic) bond motifs is 5. The standard InChI is InChI=1S/C25H40O4/c1-15(5-10-23(28)29-4)19-8-9-20-18-7-6-16-13-17(26)11-12-24(16,2)21(18)14-22(27)25(19,20)3/h15-21,26H,5-14H2,1-4H3/t15-,16-,17-,18+,19?,20+,21+,24+,25-/m1/s1. The van der Waals surface area contributed by atoms with Gasteiger partial charge in [0.2, 0.25) is 0 Å².